The Morgan fingerprint density at radius 1 is 1.03 bits per heavy atom. The standard InChI is InChI=1S/C17H18N4O4.2C2H6/c1-10-12(17(22)25-4)8-21-15(10)16(18-9-19-21)20-11-5-6-13(23-2)14(7-11)24-3;2*1-2/h5-9H,1-4H3,(H,18,19,20);2*1-2H3. The first-order chi connectivity index (χ1) is 14.1. The third kappa shape index (κ3) is 5.16. The largest absolute Gasteiger partial charge is 0.493 e. The molecule has 29 heavy (non-hydrogen) atoms. The van der Waals surface area contributed by atoms with Crippen LogP contribution in [0.25, 0.3) is 5.52 Å². The Morgan fingerprint density at radius 3 is 2.28 bits per heavy atom. The lowest BCUT2D eigenvalue weighted by Crippen LogP contribution is -2.01. The van der Waals surface area contributed by atoms with Crippen molar-refractivity contribution in [2.45, 2.75) is 34.6 Å². The number of hydrogen-bond donors (Lipinski definition) is 1. The Balaban J connectivity index is 0.000000989. The number of rotatable bonds is 5. The minimum atomic E-state index is -0.417. The van der Waals surface area contributed by atoms with Crippen molar-refractivity contribution in [2.24, 2.45) is 0 Å². The van der Waals surface area contributed by atoms with Gasteiger partial charge in [-0.3, -0.25) is 0 Å². The molecule has 0 radical (unpaired) electrons. The van der Waals surface area contributed by atoms with Gasteiger partial charge in [0.2, 0.25) is 0 Å². The zero-order chi connectivity index (χ0) is 22.0. The molecule has 1 aromatic carbocycles. The maximum Gasteiger partial charge on any atom is 0.339 e. The van der Waals surface area contributed by atoms with Crippen LogP contribution in [-0.4, -0.2) is 41.9 Å². The molecule has 2 heterocycles. The number of fused-ring (bicyclic) bond motifs is 1. The number of hydrogen-bond acceptors (Lipinski definition) is 7. The highest BCUT2D eigenvalue weighted by Crippen LogP contribution is 2.32. The molecule has 0 atom stereocenters. The van der Waals surface area contributed by atoms with E-state index >= 15 is 0 Å². The Morgan fingerprint density at radius 2 is 1.69 bits per heavy atom. The van der Waals surface area contributed by atoms with Crippen molar-refractivity contribution < 1.29 is 19.0 Å². The molecule has 1 N–H and O–H groups in total. The number of nitrogens with one attached hydrogen (secondary N) is 1. The topological polar surface area (TPSA) is 87.0 Å². The van der Waals surface area contributed by atoms with Crippen LogP contribution in [-0.2, 0) is 4.74 Å². The van der Waals surface area contributed by atoms with Crippen LogP contribution < -0.4 is 14.8 Å². The normalized spacial score (nSPS) is 9.52. The van der Waals surface area contributed by atoms with Crippen molar-refractivity contribution in [2.75, 3.05) is 26.6 Å². The number of carbonyl (C=O) groups excluding carboxylic acids is 1. The van der Waals surface area contributed by atoms with Gasteiger partial charge in [-0.1, -0.05) is 27.7 Å². The van der Waals surface area contributed by atoms with Crippen LogP contribution in [0.2, 0.25) is 0 Å². The van der Waals surface area contributed by atoms with Crippen LogP contribution >= 0.6 is 0 Å². The number of methoxy groups -OCH3 is 3. The highest BCUT2D eigenvalue weighted by atomic mass is 16.5. The molecule has 0 aliphatic rings. The molecule has 0 bridgehead atoms. The zero-order valence-corrected chi connectivity index (χ0v) is 18.4. The number of aromatic nitrogens is 3. The fraction of sp³-hybridized carbons (Fsp3) is 0.381. The van der Waals surface area contributed by atoms with E-state index < -0.39 is 5.97 Å². The van der Waals surface area contributed by atoms with E-state index in [2.05, 4.69) is 15.4 Å². The number of benzene rings is 1. The van der Waals surface area contributed by atoms with Crippen molar-refractivity contribution >= 4 is 23.0 Å². The average molecular weight is 402 g/mol. The zero-order valence-electron chi connectivity index (χ0n) is 18.4. The van der Waals surface area contributed by atoms with Gasteiger partial charge in [-0.15, -0.1) is 0 Å². The number of ether oxygens (including phenoxy) is 3. The number of anilines is 2. The summed E-state index contributed by atoms with van der Waals surface area (Å²) in [5.74, 6) is 1.38. The van der Waals surface area contributed by atoms with E-state index in [1.54, 1.807) is 37.1 Å². The van der Waals surface area contributed by atoms with Gasteiger partial charge in [-0.25, -0.2) is 14.3 Å². The van der Waals surface area contributed by atoms with Gasteiger partial charge in [0.25, 0.3) is 0 Å². The van der Waals surface area contributed by atoms with Crippen LogP contribution in [0.1, 0.15) is 43.6 Å². The first-order valence-corrected chi connectivity index (χ1v) is 9.49. The molecule has 3 rings (SSSR count). The number of carbonyl (C=O) groups is 1. The van der Waals surface area contributed by atoms with Gasteiger partial charge in [0.05, 0.1) is 26.9 Å². The first-order valence-electron chi connectivity index (χ1n) is 9.49. The minimum absolute atomic E-state index is 0.417. The molecule has 8 nitrogen and oxygen atoms in total. The van der Waals surface area contributed by atoms with E-state index in [9.17, 15) is 4.79 Å². The lowest BCUT2D eigenvalue weighted by atomic mass is 10.2. The van der Waals surface area contributed by atoms with E-state index in [-0.39, 0.29) is 0 Å². The van der Waals surface area contributed by atoms with E-state index in [0.717, 1.165) is 11.3 Å². The smallest absolute Gasteiger partial charge is 0.339 e. The SMILES string of the molecule is CC.CC.COC(=O)c1cn2ncnc(Nc3ccc(OC)c(OC)c3)c2c1C. The maximum absolute atomic E-state index is 11.9. The van der Waals surface area contributed by atoms with Crippen LogP contribution in [0.5, 0.6) is 11.5 Å². The molecule has 0 saturated heterocycles. The molecule has 0 fully saturated rings. The Kier molecular flexibility index (Phi) is 9.44. The Hall–Kier alpha value is -3.29. The molecular formula is C21H30N4O4. The molecule has 0 aliphatic heterocycles. The van der Waals surface area contributed by atoms with Crippen LogP contribution in [0.3, 0.4) is 0 Å². The summed E-state index contributed by atoms with van der Waals surface area (Å²) >= 11 is 0. The summed E-state index contributed by atoms with van der Waals surface area (Å²) in [6, 6.07) is 5.45. The van der Waals surface area contributed by atoms with E-state index in [1.807, 2.05) is 40.7 Å². The molecular weight excluding hydrogens is 372 g/mol. The van der Waals surface area contributed by atoms with Gasteiger partial charge >= 0.3 is 5.97 Å². The first kappa shape index (κ1) is 23.7. The molecule has 0 aliphatic carbocycles. The second-order valence-corrected chi connectivity index (χ2v) is 5.26. The fourth-order valence-corrected chi connectivity index (χ4v) is 2.62. The predicted octanol–water partition coefficient (Wildman–Crippen LogP) is 4.64. The van der Waals surface area contributed by atoms with Crippen molar-refractivity contribution in [1.82, 2.24) is 14.6 Å². The molecule has 0 saturated carbocycles. The summed E-state index contributed by atoms with van der Waals surface area (Å²) in [5, 5.41) is 7.38. The summed E-state index contributed by atoms with van der Waals surface area (Å²) in [4.78, 5) is 16.2. The fourth-order valence-electron chi connectivity index (χ4n) is 2.62. The third-order valence-electron chi connectivity index (χ3n) is 3.88. The van der Waals surface area contributed by atoms with E-state index in [4.69, 9.17) is 14.2 Å². The summed E-state index contributed by atoms with van der Waals surface area (Å²) < 4.78 is 17.0. The molecule has 0 amide bonds. The highest BCUT2D eigenvalue weighted by molar-refractivity contribution is 5.95. The second kappa shape index (κ2) is 11.5. The van der Waals surface area contributed by atoms with E-state index in [0.29, 0.717) is 28.4 Å². The third-order valence-corrected chi connectivity index (χ3v) is 3.88. The van der Waals surface area contributed by atoms with Crippen LogP contribution in [0.15, 0.2) is 30.7 Å². The lowest BCUT2D eigenvalue weighted by Gasteiger charge is -2.11. The summed E-state index contributed by atoms with van der Waals surface area (Å²) in [6.07, 6.45) is 3.04. The number of aryl methyl sites for hydroxylation is 1. The van der Waals surface area contributed by atoms with Crippen molar-refractivity contribution in [3.05, 3.63) is 41.9 Å². The van der Waals surface area contributed by atoms with E-state index in [1.165, 1.54) is 13.4 Å². The van der Waals surface area contributed by atoms with Gasteiger partial charge in [-0.05, 0) is 24.6 Å². The summed E-state index contributed by atoms with van der Waals surface area (Å²) in [5.41, 5.74) is 2.63. The summed E-state index contributed by atoms with van der Waals surface area (Å²) in [7, 11) is 4.50. The van der Waals surface area contributed by atoms with Gasteiger partial charge in [0.1, 0.15) is 11.8 Å². The van der Waals surface area contributed by atoms with Gasteiger partial charge in [0.15, 0.2) is 17.3 Å². The number of esters is 1. The highest BCUT2D eigenvalue weighted by Gasteiger charge is 2.18. The maximum atomic E-state index is 11.9. The molecule has 0 spiro atoms. The van der Waals surface area contributed by atoms with Gasteiger partial charge in [0, 0.05) is 18.0 Å². The van der Waals surface area contributed by atoms with Crippen molar-refractivity contribution in [3.8, 4) is 11.5 Å². The molecule has 158 valence electrons. The predicted molar refractivity (Wildman–Crippen MR) is 115 cm³/mol. The Labute approximate surface area is 171 Å². The summed E-state index contributed by atoms with van der Waals surface area (Å²) in [6.45, 7) is 9.82. The van der Waals surface area contributed by atoms with Crippen molar-refractivity contribution in [3.63, 3.8) is 0 Å². The second-order valence-electron chi connectivity index (χ2n) is 5.26. The van der Waals surface area contributed by atoms with Gasteiger partial charge in [-0.2, -0.15) is 5.10 Å². The molecule has 8 heteroatoms. The average Bonchev–Trinajstić information content (AvgIpc) is 3.13. The number of nitrogens with zero attached hydrogens (tertiary/aromatic N) is 3. The minimum Gasteiger partial charge on any atom is -0.493 e. The Bertz CT molecular complexity index is 938. The van der Waals surface area contributed by atoms with Crippen molar-refractivity contribution in [1.29, 1.82) is 0 Å². The van der Waals surface area contributed by atoms with Crippen LogP contribution in [0.4, 0.5) is 11.5 Å². The lowest BCUT2D eigenvalue weighted by molar-refractivity contribution is 0.0600. The molecule has 0 unspecified atom stereocenters. The quantitative estimate of drug-likeness (QED) is 0.622. The molecule has 3 aromatic rings. The monoisotopic (exact) mass is 402 g/mol. The van der Waals surface area contributed by atoms with Gasteiger partial charge < -0.3 is 19.5 Å². The van der Waals surface area contributed by atoms with Crippen LogP contribution in [0, 0.1) is 6.92 Å². The molecule has 2 aromatic heterocycles.